The largest absolute Gasteiger partial charge is 0.399 e. The number of benzene rings is 1. The highest BCUT2D eigenvalue weighted by molar-refractivity contribution is 7.89. The summed E-state index contributed by atoms with van der Waals surface area (Å²) in [4.78, 5) is 6.83. The van der Waals surface area contributed by atoms with Gasteiger partial charge < -0.3 is 10.3 Å². The number of imidazole rings is 1. The minimum absolute atomic E-state index is 0.296. The van der Waals surface area contributed by atoms with Crippen molar-refractivity contribution in [2.45, 2.75) is 11.4 Å². The number of hydrogen-bond donors (Lipinski definition) is 1. The Hall–Kier alpha value is -1.90. The van der Waals surface area contributed by atoms with Gasteiger partial charge in [0.05, 0.1) is 11.4 Å². The first-order valence-electron chi connectivity index (χ1n) is 7.51. The monoisotopic (exact) mass is 335 g/mol. The van der Waals surface area contributed by atoms with E-state index in [9.17, 15) is 8.42 Å². The molecule has 1 aromatic carbocycles. The van der Waals surface area contributed by atoms with Crippen molar-refractivity contribution in [1.82, 2.24) is 18.8 Å². The van der Waals surface area contributed by atoms with Crippen LogP contribution in [0.4, 0.5) is 5.69 Å². The molecule has 0 radical (unpaired) electrons. The zero-order valence-electron chi connectivity index (χ0n) is 13.1. The van der Waals surface area contributed by atoms with Crippen LogP contribution in [0.5, 0.6) is 0 Å². The van der Waals surface area contributed by atoms with Crippen LogP contribution in [0.3, 0.4) is 0 Å². The Kier molecular flexibility index (Phi) is 4.38. The van der Waals surface area contributed by atoms with E-state index in [1.54, 1.807) is 30.5 Å². The van der Waals surface area contributed by atoms with Crippen LogP contribution in [-0.2, 0) is 23.6 Å². The molecule has 0 spiro atoms. The topological polar surface area (TPSA) is 84.5 Å². The van der Waals surface area contributed by atoms with Crippen LogP contribution in [-0.4, -0.2) is 53.4 Å². The lowest BCUT2D eigenvalue weighted by Gasteiger charge is -2.33. The zero-order valence-corrected chi connectivity index (χ0v) is 13.9. The van der Waals surface area contributed by atoms with Gasteiger partial charge in [-0.25, -0.2) is 13.4 Å². The Morgan fingerprint density at radius 1 is 1.13 bits per heavy atom. The number of nitrogen functional groups attached to an aromatic ring is 1. The molecule has 1 fully saturated rings. The smallest absolute Gasteiger partial charge is 0.243 e. The van der Waals surface area contributed by atoms with Crippen LogP contribution < -0.4 is 5.73 Å². The summed E-state index contributed by atoms with van der Waals surface area (Å²) in [5, 5.41) is 0. The van der Waals surface area contributed by atoms with Crippen molar-refractivity contribution in [2.75, 3.05) is 31.9 Å². The molecular formula is C15H21N5O2S. The third-order valence-electron chi connectivity index (χ3n) is 4.14. The number of sulfonamides is 1. The molecule has 2 heterocycles. The molecule has 1 aromatic heterocycles. The van der Waals surface area contributed by atoms with Gasteiger partial charge in [0.2, 0.25) is 10.0 Å². The minimum Gasteiger partial charge on any atom is -0.399 e. The van der Waals surface area contributed by atoms with Gasteiger partial charge in [-0.1, -0.05) is 0 Å². The van der Waals surface area contributed by atoms with E-state index in [0.29, 0.717) is 36.8 Å². The van der Waals surface area contributed by atoms with Crippen LogP contribution in [0.2, 0.25) is 0 Å². The van der Waals surface area contributed by atoms with Crippen LogP contribution in [0.15, 0.2) is 41.6 Å². The summed E-state index contributed by atoms with van der Waals surface area (Å²) in [6, 6.07) is 6.35. The number of anilines is 1. The molecule has 3 rings (SSSR count). The Bertz CT molecular complexity index is 761. The van der Waals surface area contributed by atoms with Gasteiger partial charge >= 0.3 is 0 Å². The number of nitrogens with two attached hydrogens (primary N) is 1. The fourth-order valence-corrected chi connectivity index (χ4v) is 4.09. The van der Waals surface area contributed by atoms with Crippen molar-refractivity contribution in [1.29, 1.82) is 0 Å². The quantitative estimate of drug-likeness (QED) is 0.823. The normalized spacial score (nSPS) is 17.4. The van der Waals surface area contributed by atoms with Gasteiger partial charge in [0.15, 0.2) is 0 Å². The molecule has 1 aliphatic rings. The van der Waals surface area contributed by atoms with Crippen molar-refractivity contribution >= 4 is 15.7 Å². The van der Waals surface area contributed by atoms with E-state index in [4.69, 9.17) is 5.73 Å². The van der Waals surface area contributed by atoms with Gasteiger partial charge in [-0.2, -0.15) is 4.31 Å². The molecule has 0 atom stereocenters. The Balaban J connectivity index is 1.64. The molecule has 2 N–H and O–H groups in total. The van der Waals surface area contributed by atoms with E-state index in [1.807, 2.05) is 17.8 Å². The van der Waals surface area contributed by atoms with E-state index in [1.165, 1.54) is 4.31 Å². The summed E-state index contributed by atoms with van der Waals surface area (Å²) in [5.74, 6) is 0.986. The lowest BCUT2D eigenvalue weighted by molar-refractivity contribution is 0.177. The Morgan fingerprint density at radius 3 is 2.35 bits per heavy atom. The number of nitrogens with zero attached hydrogens (tertiary/aromatic N) is 4. The van der Waals surface area contributed by atoms with E-state index < -0.39 is 10.0 Å². The maximum Gasteiger partial charge on any atom is 0.243 e. The predicted octanol–water partition coefficient (Wildman–Crippen LogP) is 0.509. The SMILES string of the molecule is Cn1ccnc1CN1CCN(S(=O)(=O)c2ccc(N)cc2)CC1. The van der Waals surface area contributed by atoms with E-state index in [2.05, 4.69) is 9.88 Å². The summed E-state index contributed by atoms with van der Waals surface area (Å²) in [6.07, 6.45) is 3.69. The lowest BCUT2D eigenvalue weighted by Crippen LogP contribution is -2.48. The molecule has 0 amide bonds. The van der Waals surface area contributed by atoms with Gasteiger partial charge in [0.1, 0.15) is 5.82 Å². The number of piperazine rings is 1. The first kappa shape index (κ1) is 16.0. The molecule has 8 heteroatoms. The zero-order chi connectivity index (χ0) is 16.4. The number of hydrogen-bond acceptors (Lipinski definition) is 5. The summed E-state index contributed by atoms with van der Waals surface area (Å²) < 4.78 is 28.8. The van der Waals surface area contributed by atoms with Gasteiger partial charge in [0.25, 0.3) is 0 Å². The average Bonchev–Trinajstić information content (AvgIpc) is 2.93. The molecule has 23 heavy (non-hydrogen) atoms. The van der Waals surface area contributed by atoms with Crippen LogP contribution in [0.25, 0.3) is 0 Å². The summed E-state index contributed by atoms with van der Waals surface area (Å²) >= 11 is 0. The average molecular weight is 335 g/mol. The summed E-state index contributed by atoms with van der Waals surface area (Å²) in [5.41, 5.74) is 6.18. The second kappa shape index (κ2) is 6.31. The molecule has 2 aromatic rings. The van der Waals surface area contributed by atoms with Crippen molar-refractivity contribution in [3.63, 3.8) is 0 Å². The third kappa shape index (κ3) is 3.39. The van der Waals surface area contributed by atoms with E-state index in [-0.39, 0.29) is 0 Å². The predicted molar refractivity (Wildman–Crippen MR) is 88.1 cm³/mol. The second-order valence-corrected chi connectivity index (χ2v) is 7.64. The van der Waals surface area contributed by atoms with Crippen molar-refractivity contribution in [2.24, 2.45) is 7.05 Å². The van der Waals surface area contributed by atoms with Gasteiger partial charge in [0, 0.05) is 51.3 Å². The number of aryl methyl sites for hydroxylation is 1. The maximum absolute atomic E-state index is 12.6. The van der Waals surface area contributed by atoms with Gasteiger partial charge in [-0.15, -0.1) is 0 Å². The highest BCUT2D eigenvalue weighted by atomic mass is 32.2. The van der Waals surface area contributed by atoms with Gasteiger partial charge in [-0.05, 0) is 24.3 Å². The molecule has 7 nitrogen and oxygen atoms in total. The molecule has 0 aliphatic carbocycles. The first-order chi connectivity index (χ1) is 11.0. The van der Waals surface area contributed by atoms with Crippen molar-refractivity contribution in [3.8, 4) is 0 Å². The fourth-order valence-electron chi connectivity index (χ4n) is 2.67. The molecular weight excluding hydrogens is 314 g/mol. The van der Waals surface area contributed by atoms with Crippen LogP contribution in [0.1, 0.15) is 5.82 Å². The number of aromatic nitrogens is 2. The van der Waals surface area contributed by atoms with Crippen LogP contribution >= 0.6 is 0 Å². The third-order valence-corrected chi connectivity index (χ3v) is 6.05. The molecule has 124 valence electrons. The molecule has 0 unspecified atom stereocenters. The number of rotatable bonds is 4. The maximum atomic E-state index is 12.6. The van der Waals surface area contributed by atoms with Crippen molar-refractivity contribution in [3.05, 3.63) is 42.5 Å². The Labute approximate surface area is 136 Å². The Morgan fingerprint density at radius 2 is 1.78 bits per heavy atom. The molecule has 0 bridgehead atoms. The standard InChI is InChI=1S/C15H21N5O2S/c1-18-7-6-17-15(18)12-19-8-10-20(11-9-19)23(21,22)14-4-2-13(16)3-5-14/h2-7H,8-12,16H2,1H3. The summed E-state index contributed by atoms with van der Waals surface area (Å²) in [6.45, 7) is 3.09. The summed E-state index contributed by atoms with van der Waals surface area (Å²) in [7, 11) is -1.48. The molecule has 1 aliphatic heterocycles. The first-order valence-corrected chi connectivity index (χ1v) is 8.95. The highest BCUT2D eigenvalue weighted by Gasteiger charge is 2.28. The van der Waals surface area contributed by atoms with Gasteiger partial charge in [-0.3, -0.25) is 4.90 Å². The van der Waals surface area contributed by atoms with Crippen molar-refractivity contribution < 1.29 is 8.42 Å². The fraction of sp³-hybridized carbons (Fsp3) is 0.400. The lowest BCUT2D eigenvalue weighted by atomic mass is 10.3. The highest BCUT2D eigenvalue weighted by Crippen LogP contribution is 2.19. The van der Waals surface area contributed by atoms with E-state index >= 15 is 0 Å². The molecule has 0 saturated carbocycles. The molecule has 1 saturated heterocycles. The van der Waals surface area contributed by atoms with Crippen LogP contribution in [0, 0.1) is 0 Å². The minimum atomic E-state index is -3.44. The van der Waals surface area contributed by atoms with E-state index in [0.717, 1.165) is 12.4 Å². The second-order valence-electron chi connectivity index (χ2n) is 5.70.